The molecule has 1 aliphatic rings. The molecule has 0 spiro atoms. The highest BCUT2D eigenvalue weighted by atomic mass is 19.4. The van der Waals surface area contributed by atoms with Gasteiger partial charge in [-0.05, 0) is 18.9 Å². The Kier molecular flexibility index (Phi) is 3.86. The van der Waals surface area contributed by atoms with Crippen LogP contribution in [0, 0.1) is 0 Å². The van der Waals surface area contributed by atoms with Crippen molar-refractivity contribution in [2.75, 3.05) is 0 Å². The number of benzene rings is 1. The first-order valence-electron chi connectivity index (χ1n) is 6.56. The summed E-state index contributed by atoms with van der Waals surface area (Å²) < 4.78 is 47.0. The van der Waals surface area contributed by atoms with E-state index in [4.69, 9.17) is 4.74 Å². The molecule has 0 aliphatic carbocycles. The monoisotopic (exact) mass is 290 g/mol. The van der Waals surface area contributed by atoms with E-state index in [0.29, 0.717) is 24.8 Å². The fraction of sp³-hybridized carbons (Fsp3) is 0.571. The Balaban J connectivity index is 2.44. The third-order valence-electron chi connectivity index (χ3n) is 3.77. The van der Waals surface area contributed by atoms with Crippen LogP contribution in [-0.4, -0.2) is 17.1 Å². The van der Waals surface area contributed by atoms with Crippen LogP contribution in [0.4, 0.5) is 13.2 Å². The largest absolute Gasteiger partial charge is 0.573 e. The van der Waals surface area contributed by atoms with Gasteiger partial charge in [0, 0.05) is 12.0 Å². The van der Waals surface area contributed by atoms with Crippen LogP contribution in [0.2, 0.25) is 0 Å². The maximum atomic E-state index is 12.4. The number of fused-ring (bicyclic) bond motifs is 1. The minimum absolute atomic E-state index is 0.00715. The average molecular weight is 290 g/mol. The smallest absolute Gasteiger partial charge is 0.483 e. The highest BCUT2D eigenvalue weighted by molar-refractivity contribution is 5.49. The van der Waals surface area contributed by atoms with Crippen molar-refractivity contribution >= 4 is 0 Å². The summed E-state index contributed by atoms with van der Waals surface area (Å²) in [4.78, 5) is 0. The highest BCUT2D eigenvalue weighted by Gasteiger charge is 2.41. The Labute approximate surface area is 115 Å². The molecule has 1 heterocycles. The zero-order valence-corrected chi connectivity index (χ0v) is 11.3. The number of aliphatic hydroxyl groups excluding tert-OH is 1. The molecule has 0 aromatic heterocycles. The summed E-state index contributed by atoms with van der Waals surface area (Å²) in [5, 5.41) is 10.2. The first-order valence-corrected chi connectivity index (χ1v) is 6.56. The van der Waals surface area contributed by atoms with E-state index >= 15 is 0 Å². The van der Waals surface area contributed by atoms with Crippen LogP contribution in [0.5, 0.6) is 11.5 Å². The molecular formula is C14H17F3O3. The predicted molar refractivity (Wildman–Crippen MR) is 66.6 cm³/mol. The number of alkyl halides is 3. The summed E-state index contributed by atoms with van der Waals surface area (Å²) in [7, 11) is 0. The van der Waals surface area contributed by atoms with E-state index in [0.717, 1.165) is 0 Å². The lowest BCUT2D eigenvalue weighted by Crippen LogP contribution is -2.40. The minimum atomic E-state index is -4.79. The van der Waals surface area contributed by atoms with Gasteiger partial charge in [-0.1, -0.05) is 26.0 Å². The maximum Gasteiger partial charge on any atom is 0.573 e. The van der Waals surface area contributed by atoms with Gasteiger partial charge in [0.05, 0.1) is 6.10 Å². The quantitative estimate of drug-likeness (QED) is 0.915. The van der Waals surface area contributed by atoms with E-state index in [1.165, 1.54) is 12.1 Å². The molecule has 0 saturated carbocycles. The van der Waals surface area contributed by atoms with E-state index in [9.17, 15) is 18.3 Å². The summed E-state index contributed by atoms with van der Waals surface area (Å²) >= 11 is 0. The molecule has 1 unspecified atom stereocenters. The van der Waals surface area contributed by atoms with Crippen molar-refractivity contribution < 1.29 is 27.8 Å². The second kappa shape index (κ2) is 5.16. The molecule has 0 saturated heterocycles. The Hall–Kier alpha value is -1.43. The SMILES string of the molecule is CCC1(CC)CC(O)c2cccc(OC(F)(F)F)c2O1. The van der Waals surface area contributed by atoms with Gasteiger partial charge in [-0.3, -0.25) is 0 Å². The van der Waals surface area contributed by atoms with Gasteiger partial charge in [-0.15, -0.1) is 13.2 Å². The fourth-order valence-corrected chi connectivity index (χ4v) is 2.51. The molecule has 1 N–H and O–H groups in total. The lowest BCUT2D eigenvalue weighted by molar-refractivity contribution is -0.275. The summed E-state index contributed by atoms with van der Waals surface area (Å²) in [6, 6.07) is 4.16. The number of rotatable bonds is 3. The Bertz CT molecular complexity index is 481. The normalized spacial score (nSPS) is 21.0. The molecule has 0 amide bonds. The lowest BCUT2D eigenvalue weighted by Gasteiger charge is -2.40. The molecule has 112 valence electrons. The molecule has 0 bridgehead atoms. The number of hydrogen-bond donors (Lipinski definition) is 1. The van der Waals surface area contributed by atoms with Crippen LogP contribution < -0.4 is 9.47 Å². The summed E-state index contributed by atoms with van der Waals surface area (Å²) in [5.41, 5.74) is -0.318. The van der Waals surface area contributed by atoms with E-state index < -0.39 is 23.8 Å². The topological polar surface area (TPSA) is 38.7 Å². The number of aliphatic hydroxyl groups is 1. The molecule has 20 heavy (non-hydrogen) atoms. The Morgan fingerprint density at radius 3 is 2.55 bits per heavy atom. The van der Waals surface area contributed by atoms with E-state index in [2.05, 4.69) is 4.74 Å². The third kappa shape index (κ3) is 2.85. The van der Waals surface area contributed by atoms with Crippen molar-refractivity contribution in [1.82, 2.24) is 0 Å². The molecule has 1 aliphatic heterocycles. The van der Waals surface area contributed by atoms with Crippen LogP contribution in [0.15, 0.2) is 18.2 Å². The molecule has 3 nitrogen and oxygen atoms in total. The molecule has 1 atom stereocenters. The van der Waals surface area contributed by atoms with Gasteiger partial charge in [0.2, 0.25) is 0 Å². The summed E-state index contributed by atoms with van der Waals surface area (Å²) in [6.07, 6.45) is -4.08. The lowest BCUT2D eigenvalue weighted by atomic mass is 9.85. The second-order valence-corrected chi connectivity index (χ2v) is 4.93. The molecule has 1 aromatic carbocycles. The van der Waals surface area contributed by atoms with Crippen LogP contribution in [0.3, 0.4) is 0 Å². The molecule has 2 rings (SSSR count). The van der Waals surface area contributed by atoms with Gasteiger partial charge < -0.3 is 14.6 Å². The van der Waals surface area contributed by atoms with Crippen molar-refractivity contribution in [2.24, 2.45) is 0 Å². The number of ether oxygens (including phenoxy) is 2. The highest BCUT2D eigenvalue weighted by Crippen LogP contribution is 2.47. The predicted octanol–water partition coefficient (Wildman–Crippen LogP) is 3.96. The van der Waals surface area contributed by atoms with E-state index in [1.54, 1.807) is 6.07 Å². The van der Waals surface area contributed by atoms with Gasteiger partial charge in [0.25, 0.3) is 0 Å². The molecule has 6 heteroatoms. The average Bonchev–Trinajstić information content (AvgIpc) is 2.38. The van der Waals surface area contributed by atoms with Gasteiger partial charge in [-0.25, -0.2) is 0 Å². The van der Waals surface area contributed by atoms with Crippen molar-refractivity contribution in [3.63, 3.8) is 0 Å². The van der Waals surface area contributed by atoms with E-state index in [-0.39, 0.29) is 5.75 Å². The zero-order valence-electron chi connectivity index (χ0n) is 11.3. The number of halogens is 3. The van der Waals surface area contributed by atoms with Gasteiger partial charge >= 0.3 is 6.36 Å². The van der Waals surface area contributed by atoms with Crippen molar-refractivity contribution in [3.05, 3.63) is 23.8 Å². The number of para-hydroxylation sites is 1. The Morgan fingerprint density at radius 2 is 2.00 bits per heavy atom. The van der Waals surface area contributed by atoms with Crippen LogP contribution in [0.1, 0.15) is 44.8 Å². The third-order valence-corrected chi connectivity index (χ3v) is 3.77. The maximum absolute atomic E-state index is 12.4. The van der Waals surface area contributed by atoms with Crippen LogP contribution >= 0.6 is 0 Å². The van der Waals surface area contributed by atoms with Crippen molar-refractivity contribution in [2.45, 2.75) is 51.2 Å². The first-order chi connectivity index (χ1) is 9.30. The molecular weight excluding hydrogens is 273 g/mol. The second-order valence-electron chi connectivity index (χ2n) is 4.93. The van der Waals surface area contributed by atoms with Crippen molar-refractivity contribution in [3.8, 4) is 11.5 Å². The van der Waals surface area contributed by atoms with Gasteiger partial charge in [-0.2, -0.15) is 0 Å². The van der Waals surface area contributed by atoms with E-state index in [1.807, 2.05) is 13.8 Å². The zero-order chi connectivity index (χ0) is 15.0. The molecule has 1 aromatic rings. The standard InChI is InChI=1S/C14H17F3O3/c1-3-13(4-2)8-10(18)9-6-5-7-11(12(9)20-13)19-14(15,16)17/h5-7,10,18H,3-4,8H2,1-2H3. The minimum Gasteiger partial charge on any atom is -0.483 e. The molecule has 0 radical (unpaired) electrons. The van der Waals surface area contributed by atoms with Gasteiger partial charge in [0.1, 0.15) is 5.60 Å². The van der Waals surface area contributed by atoms with Crippen LogP contribution in [-0.2, 0) is 0 Å². The Morgan fingerprint density at radius 1 is 1.35 bits per heavy atom. The van der Waals surface area contributed by atoms with Crippen molar-refractivity contribution in [1.29, 1.82) is 0 Å². The van der Waals surface area contributed by atoms with Gasteiger partial charge in [0.15, 0.2) is 11.5 Å². The summed E-state index contributed by atoms with van der Waals surface area (Å²) in [5.74, 6) is -0.410. The fourth-order valence-electron chi connectivity index (χ4n) is 2.51. The number of hydrogen-bond acceptors (Lipinski definition) is 3. The first kappa shape index (κ1) is 15.0. The van der Waals surface area contributed by atoms with Crippen LogP contribution in [0.25, 0.3) is 0 Å². The molecule has 0 fully saturated rings. The summed E-state index contributed by atoms with van der Waals surface area (Å²) in [6.45, 7) is 3.77.